The second-order valence-corrected chi connectivity index (χ2v) is 5.00. The number of morpholine rings is 1. The molecule has 0 aliphatic carbocycles. The highest BCUT2D eigenvalue weighted by molar-refractivity contribution is 5.33. The van der Waals surface area contributed by atoms with Gasteiger partial charge in [0, 0.05) is 44.1 Å². The SMILES string of the molecule is CC1CN(CCn2cc(N)ccc2=O)CC(CO)O1. The van der Waals surface area contributed by atoms with Gasteiger partial charge in [-0.25, -0.2) is 0 Å². The highest BCUT2D eigenvalue weighted by atomic mass is 16.5. The van der Waals surface area contributed by atoms with Crippen LogP contribution in [0.5, 0.6) is 0 Å². The predicted molar refractivity (Wildman–Crippen MR) is 73.0 cm³/mol. The Kier molecular flexibility index (Phi) is 4.57. The van der Waals surface area contributed by atoms with Crippen molar-refractivity contribution in [2.75, 3.05) is 32.0 Å². The van der Waals surface area contributed by atoms with Crippen molar-refractivity contribution in [3.05, 3.63) is 28.7 Å². The number of rotatable bonds is 4. The zero-order chi connectivity index (χ0) is 13.8. The van der Waals surface area contributed by atoms with Crippen LogP contribution >= 0.6 is 0 Å². The summed E-state index contributed by atoms with van der Waals surface area (Å²) in [6.07, 6.45) is 1.63. The van der Waals surface area contributed by atoms with E-state index >= 15 is 0 Å². The van der Waals surface area contributed by atoms with Crippen LogP contribution in [0.3, 0.4) is 0 Å². The van der Waals surface area contributed by atoms with E-state index in [2.05, 4.69) is 4.90 Å². The quantitative estimate of drug-likeness (QED) is 0.769. The largest absolute Gasteiger partial charge is 0.398 e. The Morgan fingerprint density at radius 1 is 1.42 bits per heavy atom. The molecule has 1 aromatic rings. The van der Waals surface area contributed by atoms with E-state index in [0.29, 0.717) is 18.8 Å². The lowest BCUT2D eigenvalue weighted by Crippen LogP contribution is -2.49. The van der Waals surface area contributed by atoms with E-state index in [9.17, 15) is 4.79 Å². The maximum absolute atomic E-state index is 11.7. The van der Waals surface area contributed by atoms with Crippen LogP contribution in [0.1, 0.15) is 6.92 Å². The van der Waals surface area contributed by atoms with Crippen molar-refractivity contribution in [3.63, 3.8) is 0 Å². The van der Waals surface area contributed by atoms with Crippen LogP contribution < -0.4 is 11.3 Å². The van der Waals surface area contributed by atoms with E-state index in [0.717, 1.165) is 13.1 Å². The average Bonchev–Trinajstić information content (AvgIpc) is 2.39. The van der Waals surface area contributed by atoms with Crippen molar-refractivity contribution >= 4 is 5.69 Å². The molecule has 0 saturated carbocycles. The minimum atomic E-state index is -0.138. The molecule has 1 aliphatic rings. The highest BCUT2D eigenvalue weighted by Crippen LogP contribution is 2.10. The van der Waals surface area contributed by atoms with Gasteiger partial charge in [0.15, 0.2) is 0 Å². The minimum absolute atomic E-state index is 0.0269. The molecule has 1 aliphatic heterocycles. The summed E-state index contributed by atoms with van der Waals surface area (Å²) in [6.45, 7) is 4.86. The minimum Gasteiger partial charge on any atom is -0.398 e. The van der Waals surface area contributed by atoms with Crippen molar-refractivity contribution in [3.8, 4) is 0 Å². The first-order valence-electron chi connectivity index (χ1n) is 6.53. The standard InChI is InChI=1S/C13H21N3O3/c1-10-6-15(8-12(9-17)19-10)4-5-16-7-11(14)2-3-13(16)18/h2-3,7,10,12,17H,4-6,8-9,14H2,1H3. The number of nitrogens with two attached hydrogens (primary N) is 1. The Morgan fingerprint density at radius 3 is 2.95 bits per heavy atom. The van der Waals surface area contributed by atoms with Gasteiger partial charge >= 0.3 is 0 Å². The van der Waals surface area contributed by atoms with Crippen molar-refractivity contribution in [2.45, 2.75) is 25.7 Å². The van der Waals surface area contributed by atoms with E-state index in [1.807, 2.05) is 6.92 Å². The number of pyridine rings is 1. The van der Waals surface area contributed by atoms with Crippen LogP contribution in [-0.2, 0) is 11.3 Å². The summed E-state index contributed by atoms with van der Waals surface area (Å²) < 4.78 is 7.19. The maximum Gasteiger partial charge on any atom is 0.250 e. The number of anilines is 1. The summed E-state index contributed by atoms with van der Waals surface area (Å²) >= 11 is 0. The lowest BCUT2D eigenvalue weighted by atomic mass is 10.2. The number of hydrogen-bond donors (Lipinski definition) is 2. The van der Waals surface area contributed by atoms with Crippen molar-refractivity contribution in [2.24, 2.45) is 0 Å². The zero-order valence-electron chi connectivity index (χ0n) is 11.2. The zero-order valence-corrected chi connectivity index (χ0v) is 11.2. The molecule has 3 N–H and O–H groups in total. The lowest BCUT2D eigenvalue weighted by molar-refractivity contribution is -0.0955. The van der Waals surface area contributed by atoms with Crippen LogP contribution in [0.4, 0.5) is 5.69 Å². The molecule has 1 aromatic heterocycles. The molecule has 2 heterocycles. The molecule has 2 atom stereocenters. The van der Waals surface area contributed by atoms with Gasteiger partial charge in [-0.15, -0.1) is 0 Å². The van der Waals surface area contributed by atoms with Gasteiger partial charge in [0.1, 0.15) is 0 Å². The topological polar surface area (TPSA) is 80.7 Å². The van der Waals surface area contributed by atoms with Crippen molar-refractivity contribution in [1.29, 1.82) is 0 Å². The maximum atomic E-state index is 11.7. The van der Waals surface area contributed by atoms with E-state index in [1.165, 1.54) is 6.07 Å². The molecule has 0 radical (unpaired) electrons. The number of aromatic nitrogens is 1. The predicted octanol–water partition coefficient (Wildman–Crippen LogP) is -0.488. The molecule has 0 spiro atoms. The molecule has 2 rings (SSSR count). The third-order valence-corrected chi connectivity index (χ3v) is 3.27. The summed E-state index contributed by atoms with van der Waals surface area (Å²) in [7, 11) is 0. The lowest BCUT2D eigenvalue weighted by Gasteiger charge is -2.36. The van der Waals surface area contributed by atoms with Gasteiger partial charge in [-0.1, -0.05) is 0 Å². The van der Waals surface area contributed by atoms with E-state index in [-0.39, 0.29) is 24.4 Å². The number of aliphatic hydroxyl groups is 1. The molecule has 6 heteroatoms. The highest BCUT2D eigenvalue weighted by Gasteiger charge is 2.24. The second kappa shape index (κ2) is 6.18. The van der Waals surface area contributed by atoms with Crippen LogP contribution in [0, 0.1) is 0 Å². The fourth-order valence-electron chi connectivity index (χ4n) is 2.40. The molecule has 106 valence electrons. The Morgan fingerprint density at radius 2 is 2.21 bits per heavy atom. The summed E-state index contributed by atoms with van der Waals surface area (Å²) in [5.41, 5.74) is 6.21. The molecule has 6 nitrogen and oxygen atoms in total. The molecule has 0 aromatic carbocycles. The number of hydrogen-bond acceptors (Lipinski definition) is 5. The van der Waals surface area contributed by atoms with E-state index < -0.39 is 0 Å². The first-order chi connectivity index (χ1) is 9.08. The number of ether oxygens (including phenoxy) is 1. The molecular weight excluding hydrogens is 246 g/mol. The van der Waals surface area contributed by atoms with Gasteiger partial charge in [-0.3, -0.25) is 9.69 Å². The monoisotopic (exact) mass is 267 g/mol. The Labute approximate surface area is 112 Å². The number of nitrogens with zero attached hydrogens (tertiary/aromatic N) is 2. The number of nitrogen functional groups attached to an aromatic ring is 1. The Balaban J connectivity index is 1.94. The molecular formula is C13H21N3O3. The normalized spacial score (nSPS) is 24.5. The third-order valence-electron chi connectivity index (χ3n) is 3.27. The summed E-state index contributed by atoms with van der Waals surface area (Å²) in [5, 5.41) is 9.17. The molecule has 1 fully saturated rings. The first kappa shape index (κ1) is 14.0. The van der Waals surface area contributed by atoms with Crippen LogP contribution in [0.15, 0.2) is 23.1 Å². The van der Waals surface area contributed by atoms with Gasteiger partial charge in [0.2, 0.25) is 0 Å². The Hall–Kier alpha value is -1.37. The van der Waals surface area contributed by atoms with Crippen LogP contribution in [-0.4, -0.2) is 53.0 Å². The fourth-order valence-corrected chi connectivity index (χ4v) is 2.40. The third kappa shape index (κ3) is 3.79. The molecule has 0 amide bonds. The summed E-state index contributed by atoms with van der Waals surface area (Å²) in [4.78, 5) is 13.9. The molecule has 0 bridgehead atoms. The fraction of sp³-hybridized carbons (Fsp3) is 0.615. The van der Waals surface area contributed by atoms with E-state index in [4.69, 9.17) is 15.6 Å². The molecule has 19 heavy (non-hydrogen) atoms. The summed E-state index contributed by atoms with van der Waals surface area (Å²) in [5.74, 6) is 0. The van der Waals surface area contributed by atoms with Crippen LogP contribution in [0.25, 0.3) is 0 Å². The number of aliphatic hydroxyl groups excluding tert-OH is 1. The Bertz CT molecular complexity index is 474. The van der Waals surface area contributed by atoms with Crippen molar-refractivity contribution in [1.82, 2.24) is 9.47 Å². The van der Waals surface area contributed by atoms with Gasteiger partial charge < -0.3 is 20.1 Å². The van der Waals surface area contributed by atoms with Gasteiger partial charge in [-0.05, 0) is 13.0 Å². The smallest absolute Gasteiger partial charge is 0.250 e. The van der Waals surface area contributed by atoms with Crippen LogP contribution in [0.2, 0.25) is 0 Å². The van der Waals surface area contributed by atoms with Crippen molar-refractivity contribution < 1.29 is 9.84 Å². The van der Waals surface area contributed by atoms with Gasteiger partial charge in [0.05, 0.1) is 18.8 Å². The molecule has 1 saturated heterocycles. The van der Waals surface area contributed by atoms with Gasteiger partial charge in [-0.2, -0.15) is 0 Å². The molecule has 2 unspecified atom stereocenters. The van der Waals surface area contributed by atoms with Gasteiger partial charge in [0.25, 0.3) is 5.56 Å². The van der Waals surface area contributed by atoms with E-state index in [1.54, 1.807) is 16.8 Å². The first-order valence-corrected chi connectivity index (χ1v) is 6.53. The second-order valence-electron chi connectivity index (χ2n) is 5.00. The summed E-state index contributed by atoms with van der Waals surface area (Å²) in [6, 6.07) is 3.09. The average molecular weight is 267 g/mol.